The SMILES string of the molecule is COc1ccccc1-n1nnnc1SCC(=O)c1cc(C)n(CC2COc3ccccc3O2)c1C. The van der Waals surface area contributed by atoms with Crippen LogP contribution in [0, 0.1) is 13.8 Å². The summed E-state index contributed by atoms with van der Waals surface area (Å²) in [7, 11) is 1.60. The monoisotopic (exact) mass is 491 g/mol. The second kappa shape index (κ2) is 9.83. The third kappa shape index (κ3) is 4.61. The van der Waals surface area contributed by atoms with Crippen molar-refractivity contribution in [3.8, 4) is 22.9 Å². The summed E-state index contributed by atoms with van der Waals surface area (Å²) in [5.74, 6) is 2.36. The van der Waals surface area contributed by atoms with Crippen LogP contribution in [0.15, 0.2) is 59.8 Å². The number of hydrogen-bond donors (Lipinski definition) is 0. The van der Waals surface area contributed by atoms with Crippen molar-refractivity contribution in [2.75, 3.05) is 19.5 Å². The van der Waals surface area contributed by atoms with Crippen molar-refractivity contribution in [3.05, 3.63) is 71.5 Å². The number of para-hydroxylation sites is 4. The van der Waals surface area contributed by atoms with E-state index < -0.39 is 0 Å². The number of carbonyl (C=O) groups excluding carboxylic acids is 1. The van der Waals surface area contributed by atoms with Gasteiger partial charge in [0.1, 0.15) is 18.0 Å². The quantitative estimate of drug-likeness (QED) is 0.271. The molecule has 10 heteroatoms. The highest BCUT2D eigenvalue weighted by Crippen LogP contribution is 2.32. The first-order valence-corrected chi connectivity index (χ1v) is 12.2. The Morgan fingerprint density at radius 2 is 1.91 bits per heavy atom. The van der Waals surface area contributed by atoms with E-state index >= 15 is 0 Å². The van der Waals surface area contributed by atoms with Crippen LogP contribution < -0.4 is 14.2 Å². The van der Waals surface area contributed by atoms with Gasteiger partial charge in [-0.1, -0.05) is 36.0 Å². The summed E-state index contributed by atoms with van der Waals surface area (Å²) in [5.41, 5.74) is 3.30. The first-order chi connectivity index (χ1) is 17.0. The number of fused-ring (bicyclic) bond motifs is 1. The van der Waals surface area contributed by atoms with E-state index in [0.29, 0.717) is 35.3 Å². The predicted octanol–water partition coefficient (Wildman–Crippen LogP) is 3.90. The summed E-state index contributed by atoms with van der Waals surface area (Å²) in [6, 6.07) is 17.0. The minimum atomic E-state index is -0.141. The topological polar surface area (TPSA) is 93.3 Å². The first kappa shape index (κ1) is 23.0. The molecule has 1 unspecified atom stereocenters. The molecule has 1 aliphatic rings. The van der Waals surface area contributed by atoms with E-state index in [9.17, 15) is 4.79 Å². The number of carbonyl (C=O) groups is 1. The molecule has 1 atom stereocenters. The zero-order valence-corrected chi connectivity index (χ0v) is 20.5. The zero-order valence-electron chi connectivity index (χ0n) is 19.7. The number of aromatic nitrogens is 5. The molecule has 0 aliphatic carbocycles. The average molecular weight is 492 g/mol. The number of thioether (sulfide) groups is 1. The summed E-state index contributed by atoms with van der Waals surface area (Å²) in [6.07, 6.45) is -0.141. The molecule has 0 saturated carbocycles. The van der Waals surface area contributed by atoms with Gasteiger partial charge in [-0.2, -0.15) is 4.68 Å². The van der Waals surface area contributed by atoms with Gasteiger partial charge in [-0.15, -0.1) is 5.10 Å². The van der Waals surface area contributed by atoms with Crippen LogP contribution in [0.25, 0.3) is 5.69 Å². The summed E-state index contributed by atoms with van der Waals surface area (Å²) in [6.45, 7) is 5.01. The number of aryl methyl sites for hydroxylation is 1. The Bertz CT molecular complexity index is 1370. The van der Waals surface area contributed by atoms with Crippen molar-refractivity contribution in [2.45, 2.75) is 31.7 Å². The van der Waals surface area contributed by atoms with Gasteiger partial charge < -0.3 is 18.8 Å². The van der Waals surface area contributed by atoms with E-state index in [1.54, 1.807) is 11.8 Å². The molecule has 9 nitrogen and oxygen atoms in total. The van der Waals surface area contributed by atoms with Gasteiger partial charge in [0, 0.05) is 17.0 Å². The summed E-state index contributed by atoms with van der Waals surface area (Å²) < 4.78 is 21.1. The van der Waals surface area contributed by atoms with E-state index in [1.165, 1.54) is 11.8 Å². The molecule has 0 fully saturated rings. The number of Topliss-reactive ketones (excluding diaryl/α,β-unsaturated/α-hetero) is 1. The fraction of sp³-hybridized carbons (Fsp3) is 0.280. The lowest BCUT2D eigenvalue weighted by molar-refractivity contribution is 0.0777. The van der Waals surface area contributed by atoms with Crippen molar-refractivity contribution >= 4 is 17.5 Å². The highest BCUT2D eigenvalue weighted by molar-refractivity contribution is 7.99. The average Bonchev–Trinajstić information content (AvgIpc) is 3.47. The minimum Gasteiger partial charge on any atom is -0.494 e. The van der Waals surface area contributed by atoms with E-state index in [0.717, 1.165) is 22.9 Å². The Morgan fingerprint density at radius 1 is 1.14 bits per heavy atom. The van der Waals surface area contributed by atoms with Crippen molar-refractivity contribution in [1.29, 1.82) is 0 Å². The molecule has 0 radical (unpaired) electrons. The lowest BCUT2D eigenvalue weighted by Gasteiger charge is -2.27. The molecule has 3 heterocycles. The number of rotatable bonds is 8. The molecule has 1 aliphatic heterocycles. The van der Waals surface area contributed by atoms with Crippen molar-refractivity contribution < 1.29 is 19.0 Å². The second-order valence-corrected chi connectivity index (χ2v) is 9.09. The van der Waals surface area contributed by atoms with Crippen LogP contribution in [0.1, 0.15) is 21.7 Å². The van der Waals surface area contributed by atoms with Crippen LogP contribution in [-0.2, 0) is 6.54 Å². The minimum absolute atomic E-state index is 0.00934. The van der Waals surface area contributed by atoms with Crippen molar-refractivity contribution in [2.24, 2.45) is 0 Å². The standard InChI is InChI=1S/C25H25N5O4S/c1-16-12-19(17(2)29(16)13-18-14-33-23-10-6-7-11-24(23)34-18)21(31)15-35-25-26-27-28-30(25)20-8-4-5-9-22(20)32-3/h4-12,18H,13-15H2,1-3H3. The Labute approximate surface area is 207 Å². The Kier molecular flexibility index (Phi) is 6.45. The molecule has 4 aromatic rings. The summed E-state index contributed by atoms with van der Waals surface area (Å²) in [5, 5.41) is 12.5. The van der Waals surface area contributed by atoms with Crippen molar-refractivity contribution in [3.63, 3.8) is 0 Å². The molecule has 0 amide bonds. The Morgan fingerprint density at radius 3 is 2.74 bits per heavy atom. The van der Waals surface area contributed by atoms with Crippen LogP contribution >= 0.6 is 11.8 Å². The molecule has 2 aromatic carbocycles. The Hall–Kier alpha value is -3.79. The number of methoxy groups -OCH3 is 1. The van der Waals surface area contributed by atoms with Gasteiger partial charge in [0.2, 0.25) is 5.16 Å². The van der Waals surface area contributed by atoms with Gasteiger partial charge in [0.15, 0.2) is 23.4 Å². The van der Waals surface area contributed by atoms with Gasteiger partial charge in [-0.25, -0.2) is 0 Å². The third-order valence-electron chi connectivity index (χ3n) is 5.91. The fourth-order valence-corrected chi connectivity index (χ4v) is 4.92. The molecule has 2 aromatic heterocycles. The van der Waals surface area contributed by atoms with Crippen LogP contribution in [0.2, 0.25) is 0 Å². The van der Waals surface area contributed by atoms with Gasteiger partial charge >= 0.3 is 0 Å². The van der Waals surface area contributed by atoms with Crippen LogP contribution in [0.5, 0.6) is 17.2 Å². The first-order valence-electron chi connectivity index (χ1n) is 11.2. The lowest BCUT2D eigenvalue weighted by Crippen LogP contribution is -2.33. The predicted molar refractivity (Wildman–Crippen MR) is 131 cm³/mol. The maximum atomic E-state index is 13.2. The normalized spacial score (nSPS) is 14.7. The van der Waals surface area contributed by atoms with Crippen LogP contribution in [-0.4, -0.2) is 56.1 Å². The molecule has 35 heavy (non-hydrogen) atoms. The van der Waals surface area contributed by atoms with E-state index in [4.69, 9.17) is 14.2 Å². The smallest absolute Gasteiger partial charge is 0.214 e. The van der Waals surface area contributed by atoms with Gasteiger partial charge in [-0.3, -0.25) is 4.79 Å². The molecular weight excluding hydrogens is 466 g/mol. The molecule has 180 valence electrons. The number of benzene rings is 2. The molecule has 0 spiro atoms. The van der Waals surface area contributed by atoms with Gasteiger partial charge in [0.05, 0.1) is 19.4 Å². The molecule has 0 saturated heterocycles. The lowest BCUT2D eigenvalue weighted by atomic mass is 10.2. The highest BCUT2D eigenvalue weighted by atomic mass is 32.2. The zero-order chi connectivity index (χ0) is 24.4. The number of nitrogens with zero attached hydrogens (tertiary/aromatic N) is 5. The van der Waals surface area contributed by atoms with Gasteiger partial charge in [-0.05, 0) is 54.6 Å². The van der Waals surface area contributed by atoms with Gasteiger partial charge in [0.25, 0.3) is 0 Å². The van der Waals surface area contributed by atoms with E-state index in [1.807, 2.05) is 68.4 Å². The number of tetrazole rings is 1. The van der Waals surface area contributed by atoms with E-state index in [2.05, 4.69) is 20.1 Å². The van der Waals surface area contributed by atoms with Crippen molar-refractivity contribution in [1.82, 2.24) is 24.8 Å². The number of ether oxygens (including phenoxy) is 3. The number of ketones is 1. The van der Waals surface area contributed by atoms with E-state index in [-0.39, 0.29) is 17.6 Å². The molecule has 0 bridgehead atoms. The molecule has 0 N–H and O–H groups in total. The van der Waals surface area contributed by atoms with Crippen LogP contribution in [0.4, 0.5) is 0 Å². The largest absolute Gasteiger partial charge is 0.494 e. The second-order valence-electron chi connectivity index (χ2n) is 8.15. The van der Waals surface area contributed by atoms with Crippen LogP contribution in [0.3, 0.4) is 0 Å². The fourth-order valence-electron chi connectivity index (χ4n) is 4.15. The highest BCUT2D eigenvalue weighted by Gasteiger charge is 2.24. The number of hydrogen-bond acceptors (Lipinski definition) is 8. The Balaban J connectivity index is 1.28. The third-order valence-corrected chi connectivity index (χ3v) is 6.83. The molecular formula is C25H25N5O4S. The maximum Gasteiger partial charge on any atom is 0.214 e. The summed E-state index contributed by atoms with van der Waals surface area (Å²) >= 11 is 1.29. The summed E-state index contributed by atoms with van der Waals surface area (Å²) in [4.78, 5) is 13.2. The maximum absolute atomic E-state index is 13.2. The molecule has 5 rings (SSSR count).